The second-order valence-electron chi connectivity index (χ2n) is 12.0. The largest absolute Gasteiger partial charge is 0.343 e. The van der Waals surface area contributed by atoms with Gasteiger partial charge in [-0.15, -0.1) is 0 Å². The Bertz CT molecular complexity index is 2460. The molecule has 1 aliphatic heterocycles. The molecule has 10 rings (SSSR count). The van der Waals surface area contributed by atoms with Gasteiger partial charge in [-0.3, -0.25) is 0 Å². The van der Waals surface area contributed by atoms with Crippen molar-refractivity contribution < 1.29 is 0 Å². The molecule has 2 aromatic heterocycles. The quantitative estimate of drug-likeness (QED) is 0.189. The average Bonchev–Trinajstić information content (AvgIpc) is 3.65. The van der Waals surface area contributed by atoms with Crippen LogP contribution in [0.1, 0.15) is 30.9 Å². The Balaban J connectivity index is 1.27. The van der Waals surface area contributed by atoms with Crippen molar-refractivity contribution >= 4 is 70.7 Å². The maximum Gasteiger partial charge on any atom is 0.0595 e. The van der Waals surface area contributed by atoms with Crippen LogP contribution in [0, 0.1) is 0 Å². The number of nitrogens with zero attached hydrogens (tertiary/aromatic N) is 2. The molecule has 2 aliphatic rings. The Morgan fingerprint density at radius 2 is 1.34 bits per heavy atom. The normalized spacial score (nSPS) is 16.5. The molecule has 1 aliphatic carbocycles. The van der Waals surface area contributed by atoms with Crippen LogP contribution >= 0.6 is 0 Å². The van der Waals surface area contributed by atoms with Gasteiger partial charge in [-0.05, 0) is 76.2 Å². The summed E-state index contributed by atoms with van der Waals surface area (Å²) < 4.78 is 5.02. The predicted molar refractivity (Wildman–Crippen MR) is 175 cm³/mol. The maximum atomic E-state index is 2.66. The lowest BCUT2D eigenvalue weighted by atomic mass is 9.90. The first-order valence-corrected chi connectivity index (χ1v) is 14.9. The van der Waals surface area contributed by atoms with Gasteiger partial charge in [0.1, 0.15) is 0 Å². The third-order valence-electron chi connectivity index (χ3n) is 10.0. The van der Waals surface area contributed by atoms with E-state index in [1.165, 1.54) is 101 Å². The number of benzene rings is 6. The Hall–Kier alpha value is -4.82. The minimum absolute atomic E-state index is 0.479. The lowest BCUT2D eigenvalue weighted by molar-refractivity contribution is 0.570. The summed E-state index contributed by atoms with van der Waals surface area (Å²) >= 11 is 0. The fourth-order valence-corrected chi connectivity index (χ4v) is 8.26. The van der Waals surface area contributed by atoms with Gasteiger partial charge in [0, 0.05) is 45.2 Å². The molecular formula is C39H28N2. The van der Waals surface area contributed by atoms with E-state index in [0.29, 0.717) is 6.04 Å². The molecule has 0 fully saturated rings. The van der Waals surface area contributed by atoms with E-state index < -0.39 is 0 Å². The van der Waals surface area contributed by atoms with Crippen LogP contribution in [0.3, 0.4) is 0 Å². The first kappa shape index (κ1) is 21.9. The third kappa shape index (κ3) is 2.73. The van der Waals surface area contributed by atoms with Gasteiger partial charge >= 0.3 is 0 Å². The zero-order valence-corrected chi connectivity index (χ0v) is 23.0. The SMILES string of the molecule is Cn1c2ccccc2c2cccc(-c3ccc4ccc5cc6c(cc5c4c3)c3cccc4c3n6C3CCCC=C43)c21. The number of fused-ring (bicyclic) bond motifs is 12. The molecule has 6 aromatic carbocycles. The number of allylic oxidation sites excluding steroid dienone is 2. The maximum absolute atomic E-state index is 2.66. The molecular weight excluding hydrogens is 496 g/mol. The number of hydrogen-bond donors (Lipinski definition) is 0. The number of aryl methyl sites for hydroxylation is 1. The Morgan fingerprint density at radius 1 is 0.585 bits per heavy atom. The van der Waals surface area contributed by atoms with Gasteiger partial charge < -0.3 is 9.13 Å². The molecule has 1 atom stereocenters. The molecule has 41 heavy (non-hydrogen) atoms. The summed E-state index contributed by atoms with van der Waals surface area (Å²) in [6.45, 7) is 0. The van der Waals surface area contributed by atoms with Crippen molar-refractivity contribution in [2.45, 2.75) is 25.3 Å². The highest BCUT2D eigenvalue weighted by atomic mass is 15.0. The molecule has 8 aromatic rings. The Labute approximate surface area is 237 Å². The molecule has 0 bridgehead atoms. The Kier molecular flexibility index (Phi) is 4.11. The van der Waals surface area contributed by atoms with Gasteiger partial charge in [0.2, 0.25) is 0 Å². The predicted octanol–water partition coefficient (Wildman–Crippen LogP) is 10.5. The first-order valence-electron chi connectivity index (χ1n) is 14.9. The van der Waals surface area contributed by atoms with Gasteiger partial charge in [-0.1, -0.05) is 84.9 Å². The molecule has 0 radical (unpaired) electrons. The lowest BCUT2D eigenvalue weighted by Crippen LogP contribution is -2.07. The van der Waals surface area contributed by atoms with Crippen LogP contribution in [-0.2, 0) is 7.05 Å². The Morgan fingerprint density at radius 3 is 2.27 bits per heavy atom. The second-order valence-corrected chi connectivity index (χ2v) is 12.0. The molecule has 0 amide bonds. The van der Waals surface area contributed by atoms with Gasteiger partial charge in [0.05, 0.1) is 22.6 Å². The summed E-state index contributed by atoms with van der Waals surface area (Å²) in [5.74, 6) is 0. The van der Waals surface area contributed by atoms with E-state index in [-0.39, 0.29) is 0 Å². The summed E-state index contributed by atoms with van der Waals surface area (Å²) in [6, 6.07) is 39.5. The van der Waals surface area contributed by atoms with E-state index in [4.69, 9.17) is 0 Å². The monoisotopic (exact) mass is 524 g/mol. The van der Waals surface area contributed by atoms with Crippen molar-refractivity contribution in [1.29, 1.82) is 0 Å². The third-order valence-corrected chi connectivity index (χ3v) is 10.0. The van der Waals surface area contributed by atoms with Crippen LogP contribution in [0.4, 0.5) is 0 Å². The van der Waals surface area contributed by atoms with E-state index in [1.54, 1.807) is 5.57 Å². The first-order chi connectivity index (χ1) is 20.3. The summed E-state index contributed by atoms with van der Waals surface area (Å²) in [4.78, 5) is 0. The molecule has 2 heteroatoms. The average molecular weight is 525 g/mol. The van der Waals surface area contributed by atoms with Gasteiger partial charge in [0.15, 0.2) is 0 Å². The van der Waals surface area contributed by atoms with Gasteiger partial charge in [-0.25, -0.2) is 0 Å². The standard InChI is InChI=1S/C39H28N2/c1-40-35-14-4-2-8-27(35)29-11-6-10-26(38(29)40)24-18-16-23-17-19-25-21-37-34(22-33(25)32(23)20-24)31-13-7-12-30-28-9-3-5-15-36(28)41(37)39(30)31/h2,4,6-14,16-22,36H,3,5,15H2,1H3. The van der Waals surface area contributed by atoms with Gasteiger partial charge in [-0.2, -0.15) is 0 Å². The van der Waals surface area contributed by atoms with Crippen LogP contribution in [0.25, 0.3) is 81.9 Å². The molecule has 194 valence electrons. The zero-order chi connectivity index (χ0) is 26.8. The number of hydrogen-bond acceptors (Lipinski definition) is 0. The van der Waals surface area contributed by atoms with Crippen molar-refractivity contribution in [3.05, 3.63) is 115 Å². The second kappa shape index (κ2) is 7.67. The topological polar surface area (TPSA) is 9.86 Å². The highest BCUT2D eigenvalue weighted by Crippen LogP contribution is 2.50. The van der Waals surface area contributed by atoms with Crippen molar-refractivity contribution in [2.75, 3.05) is 0 Å². The zero-order valence-electron chi connectivity index (χ0n) is 23.0. The highest BCUT2D eigenvalue weighted by Gasteiger charge is 2.32. The van der Waals surface area contributed by atoms with E-state index in [1.807, 2.05) is 0 Å². The van der Waals surface area contributed by atoms with Crippen LogP contribution in [-0.4, -0.2) is 9.13 Å². The van der Waals surface area contributed by atoms with Crippen LogP contribution in [0.15, 0.2) is 109 Å². The molecule has 2 nitrogen and oxygen atoms in total. The number of para-hydroxylation sites is 3. The smallest absolute Gasteiger partial charge is 0.0595 e. The molecule has 0 N–H and O–H groups in total. The fraction of sp³-hybridized carbons (Fsp3) is 0.128. The van der Waals surface area contributed by atoms with Crippen LogP contribution in [0.2, 0.25) is 0 Å². The van der Waals surface area contributed by atoms with E-state index in [9.17, 15) is 0 Å². The fourth-order valence-electron chi connectivity index (χ4n) is 8.26. The molecule has 0 saturated carbocycles. The van der Waals surface area contributed by atoms with E-state index in [0.717, 1.165) is 0 Å². The van der Waals surface area contributed by atoms with Crippen molar-refractivity contribution in [1.82, 2.24) is 9.13 Å². The van der Waals surface area contributed by atoms with Crippen molar-refractivity contribution in [3.8, 4) is 11.1 Å². The van der Waals surface area contributed by atoms with E-state index in [2.05, 4.69) is 125 Å². The minimum atomic E-state index is 0.479. The summed E-state index contributed by atoms with van der Waals surface area (Å²) in [7, 11) is 2.20. The summed E-state index contributed by atoms with van der Waals surface area (Å²) in [5, 5.41) is 10.7. The molecule has 3 heterocycles. The number of aromatic nitrogens is 2. The van der Waals surface area contributed by atoms with Crippen LogP contribution < -0.4 is 0 Å². The highest BCUT2D eigenvalue weighted by molar-refractivity contribution is 6.21. The van der Waals surface area contributed by atoms with Crippen LogP contribution in [0.5, 0.6) is 0 Å². The molecule has 0 saturated heterocycles. The number of rotatable bonds is 1. The van der Waals surface area contributed by atoms with Gasteiger partial charge in [0.25, 0.3) is 0 Å². The van der Waals surface area contributed by atoms with Crippen molar-refractivity contribution in [3.63, 3.8) is 0 Å². The minimum Gasteiger partial charge on any atom is -0.343 e. The summed E-state index contributed by atoms with van der Waals surface area (Å²) in [5.41, 5.74) is 10.9. The molecule has 1 unspecified atom stereocenters. The lowest BCUT2D eigenvalue weighted by Gasteiger charge is -2.21. The van der Waals surface area contributed by atoms with E-state index >= 15 is 0 Å². The summed E-state index contributed by atoms with van der Waals surface area (Å²) in [6.07, 6.45) is 6.20. The van der Waals surface area contributed by atoms with Crippen molar-refractivity contribution in [2.24, 2.45) is 7.05 Å². The molecule has 0 spiro atoms.